The summed E-state index contributed by atoms with van der Waals surface area (Å²) in [5.41, 5.74) is 1.27. The summed E-state index contributed by atoms with van der Waals surface area (Å²) in [6, 6.07) is 5.43. The fourth-order valence-electron chi connectivity index (χ4n) is 1.87. The first-order chi connectivity index (χ1) is 9.21. The third kappa shape index (κ3) is 2.45. The molecule has 2 aromatic rings. The van der Waals surface area contributed by atoms with Gasteiger partial charge in [-0.2, -0.15) is 0 Å². The number of carbonyl (C=O) groups excluding carboxylic acids is 1. The van der Waals surface area contributed by atoms with E-state index in [2.05, 4.69) is 4.98 Å². The average Bonchev–Trinajstić information content (AvgIpc) is 2.79. The Balaban J connectivity index is 2.57. The predicted molar refractivity (Wildman–Crippen MR) is 69.5 cm³/mol. The van der Waals surface area contributed by atoms with Gasteiger partial charge in [-0.15, -0.1) is 0 Å². The van der Waals surface area contributed by atoms with Crippen LogP contribution in [0, 0.1) is 6.92 Å². The lowest BCUT2D eigenvalue weighted by Gasteiger charge is -2.09. The highest BCUT2D eigenvalue weighted by atomic mass is 16.5. The van der Waals surface area contributed by atoms with Crippen LogP contribution in [0.25, 0.3) is 11.5 Å². The predicted octanol–water partition coefficient (Wildman–Crippen LogP) is 2.41. The van der Waals surface area contributed by atoms with E-state index < -0.39 is 0 Å². The van der Waals surface area contributed by atoms with E-state index in [4.69, 9.17) is 13.9 Å². The molecule has 1 aromatic heterocycles. The van der Waals surface area contributed by atoms with Crippen molar-refractivity contribution in [3.05, 3.63) is 29.7 Å². The highest BCUT2D eigenvalue weighted by molar-refractivity contribution is 5.71. The zero-order valence-corrected chi connectivity index (χ0v) is 11.1. The molecular weight excluding hydrogens is 246 g/mol. The molecule has 1 heterocycles. The summed E-state index contributed by atoms with van der Waals surface area (Å²) in [4.78, 5) is 14.9. The Morgan fingerprint density at radius 1 is 1.26 bits per heavy atom. The number of aryl methyl sites for hydroxylation is 1. The molecule has 0 aliphatic carbocycles. The van der Waals surface area contributed by atoms with Crippen molar-refractivity contribution in [1.82, 2.24) is 4.98 Å². The van der Waals surface area contributed by atoms with E-state index in [9.17, 15) is 4.79 Å². The maximum Gasteiger partial charge on any atom is 0.234 e. The van der Waals surface area contributed by atoms with Crippen molar-refractivity contribution in [2.75, 3.05) is 14.2 Å². The molecule has 0 amide bonds. The van der Waals surface area contributed by atoms with Crippen molar-refractivity contribution in [3.8, 4) is 23.0 Å². The molecule has 19 heavy (non-hydrogen) atoms. The Kier molecular flexibility index (Phi) is 3.85. The second kappa shape index (κ2) is 5.56. The van der Waals surface area contributed by atoms with E-state index in [0.717, 1.165) is 6.29 Å². The number of hydrogen-bond acceptors (Lipinski definition) is 5. The molecule has 0 N–H and O–H groups in total. The number of benzene rings is 1. The zero-order valence-electron chi connectivity index (χ0n) is 11.1. The van der Waals surface area contributed by atoms with Gasteiger partial charge in [-0.25, -0.2) is 4.98 Å². The monoisotopic (exact) mass is 261 g/mol. The summed E-state index contributed by atoms with van der Waals surface area (Å²) in [6.07, 6.45) is 1.03. The molecule has 5 nitrogen and oxygen atoms in total. The highest BCUT2D eigenvalue weighted by Crippen LogP contribution is 2.38. The normalized spacial score (nSPS) is 10.3. The van der Waals surface area contributed by atoms with Gasteiger partial charge >= 0.3 is 0 Å². The minimum absolute atomic E-state index is 0.229. The average molecular weight is 261 g/mol. The van der Waals surface area contributed by atoms with E-state index in [1.165, 1.54) is 0 Å². The van der Waals surface area contributed by atoms with Crippen LogP contribution >= 0.6 is 0 Å². The van der Waals surface area contributed by atoms with Crippen LogP contribution < -0.4 is 9.47 Å². The number of oxazole rings is 1. The van der Waals surface area contributed by atoms with Crippen LogP contribution in [0.5, 0.6) is 11.5 Å². The summed E-state index contributed by atoms with van der Waals surface area (Å²) in [7, 11) is 3.14. The third-order valence-corrected chi connectivity index (χ3v) is 2.81. The van der Waals surface area contributed by atoms with E-state index in [1.807, 2.05) is 6.07 Å². The van der Waals surface area contributed by atoms with Gasteiger partial charge in [0.15, 0.2) is 0 Å². The van der Waals surface area contributed by atoms with Crippen molar-refractivity contribution < 1.29 is 18.7 Å². The summed E-state index contributed by atoms with van der Waals surface area (Å²) < 4.78 is 16.2. The van der Waals surface area contributed by atoms with Gasteiger partial charge in [0.05, 0.1) is 19.9 Å². The lowest BCUT2D eigenvalue weighted by Crippen LogP contribution is -1.93. The summed E-state index contributed by atoms with van der Waals surface area (Å²) in [6.45, 7) is 1.78. The maximum atomic E-state index is 10.6. The first-order valence-corrected chi connectivity index (χ1v) is 5.82. The maximum absolute atomic E-state index is 10.6. The largest absolute Gasteiger partial charge is 0.496 e. The number of aldehydes is 1. The standard InChI is InChI=1S/C14H15NO4/c1-9-10(7-8-16)15-14(19-9)13-11(17-2)5-4-6-12(13)18-3/h4-6,8H,7H2,1-3H3. The van der Waals surface area contributed by atoms with Gasteiger partial charge in [0.2, 0.25) is 5.89 Å². The van der Waals surface area contributed by atoms with Crippen molar-refractivity contribution in [2.24, 2.45) is 0 Å². The molecule has 0 bridgehead atoms. The SMILES string of the molecule is COc1cccc(OC)c1-c1nc(CC=O)c(C)o1. The fraction of sp³-hybridized carbons (Fsp3) is 0.286. The van der Waals surface area contributed by atoms with Crippen LogP contribution in [0.2, 0.25) is 0 Å². The van der Waals surface area contributed by atoms with Crippen molar-refractivity contribution in [2.45, 2.75) is 13.3 Å². The van der Waals surface area contributed by atoms with E-state index >= 15 is 0 Å². The molecule has 0 saturated carbocycles. The van der Waals surface area contributed by atoms with Crippen molar-refractivity contribution >= 4 is 6.29 Å². The van der Waals surface area contributed by atoms with Crippen LogP contribution in [0.1, 0.15) is 11.5 Å². The van der Waals surface area contributed by atoms with Crippen LogP contribution in [-0.4, -0.2) is 25.5 Å². The summed E-state index contributed by atoms with van der Waals surface area (Å²) in [5, 5.41) is 0. The molecule has 5 heteroatoms. The van der Waals surface area contributed by atoms with Gasteiger partial charge in [-0.05, 0) is 19.1 Å². The second-order valence-electron chi connectivity index (χ2n) is 3.93. The zero-order chi connectivity index (χ0) is 13.8. The minimum atomic E-state index is 0.229. The smallest absolute Gasteiger partial charge is 0.234 e. The number of ether oxygens (including phenoxy) is 2. The fourth-order valence-corrected chi connectivity index (χ4v) is 1.87. The van der Waals surface area contributed by atoms with E-state index in [1.54, 1.807) is 33.3 Å². The van der Waals surface area contributed by atoms with Crippen LogP contribution in [0.15, 0.2) is 22.6 Å². The lowest BCUT2D eigenvalue weighted by molar-refractivity contribution is -0.107. The molecule has 0 aliphatic heterocycles. The van der Waals surface area contributed by atoms with Gasteiger partial charge < -0.3 is 18.7 Å². The number of methoxy groups -OCH3 is 2. The quantitative estimate of drug-likeness (QED) is 0.773. The Morgan fingerprint density at radius 2 is 1.89 bits per heavy atom. The number of rotatable bonds is 5. The topological polar surface area (TPSA) is 61.6 Å². The van der Waals surface area contributed by atoms with E-state index in [-0.39, 0.29) is 6.42 Å². The highest BCUT2D eigenvalue weighted by Gasteiger charge is 2.19. The van der Waals surface area contributed by atoms with Crippen LogP contribution in [0.4, 0.5) is 0 Å². The van der Waals surface area contributed by atoms with Gasteiger partial charge in [-0.3, -0.25) is 0 Å². The van der Waals surface area contributed by atoms with Gasteiger partial charge in [0.25, 0.3) is 0 Å². The summed E-state index contributed by atoms with van der Waals surface area (Å²) in [5.74, 6) is 2.23. The second-order valence-corrected chi connectivity index (χ2v) is 3.93. The number of aromatic nitrogens is 1. The molecule has 100 valence electrons. The van der Waals surface area contributed by atoms with Gasteiger partial charge in [-0.1, -0.05) is 6.07 Å². The molecule has 0 fully saturated rings. The lowest BCUT2D eigenvalue weighted by atomic mass is 10.1. The van der Waals surface area contributed by atoms with Crippen molar-refractivity contribution in [1.29, 1.82) is 0 Å². The molecule has 0 atom stereocenters. The summed E-state index contributed by atoms with van der Waals surface area (Å²) >= 11 is 0. The van der Waals surface area contributed by atoms with E-state index in [0.29, 0.717) is 34.4 Å². The molecule has 0 radical (unpaired) electrons. The number of nitrogens with zero attached hydrogens (tertiary/aromatic N) is 1. The number of hydrogen-bond donors (Lipinski definition) is 0. The molecule has 0 aliphatic rings. The molecule has 2 rings (SSSR count). The first-order valence-electron chi connectivity index (χ1n) is 5.82. The molecule has 0 spiro atoms. The van der Waals surface area contributed by atoms with Crippen molar-refractivity contribution in [3.63, 3.8) is 0 Å². The Bertz CT molecular complexity index is 567. The first kappa shape index (κ1) is 13.1. The van der Waals surface area contributed by atoms with Gasteiger partial charge in [0, 0.05) is 6.42 Å². The molecule has 1 aromatic carbocycles. The Labute approximate surface area is 111 Å². The van der Waals surface area contributed by atoms with Gasteiger partial charge in [0.1, 0.15) is 29.1 Å². The molecule has 0 saturated heterocycles. The number of carbonyl (C=O) groups is 1. The van der Waals surface area contributed by atoms with Crippen LogP contribution in [0.3, 0.4) is 0 Å². The third-order valence-electron chi connectivity index (χ3n) is 2.81. The minimum Gasteiger partial charge on any atom is -0.496 e. The Hall–Kier alpha value is -2.30. The Morgan fingerprint density at radius 3 is 2.42 bits per heavy atom. The molecule has 0 unspecified atom stereocenters. The van der Waals surface area contributed by atoms with Crippen LogP contribution in [-0.2, 0) is 11.2 Å². The molecular formula is C14H15NO4.